The number of nitrogens with one attached hydrogen (secondary N) is 2. The SMILES string of the molecule is O=C(Nc1ncc(Cc2cccc(Cl)c2Cl)s1)C1CNCCO1. The molecule has 122 valence electrons. The largest absolute Gasteiger partial charge is 0.366 e. The second kappa shape index (κ2) is 7.59. The lowest BCUT2D eigenvalue weighted by molar-refractivity contribution is -0.128. The van der Waals surface area contributed by atoms with E-state index in [1.54, 1.807) is 12.3 Å². The predicted octanol–water partition coefficient (Wildman–Crippen LogP) is 2.97. The monoisotopic (exact) mass is 371 g/mol. The van der Waals surface area contributed by atoms with Gasteiger partial charge in [-0.3, -0.25) is 10.1 Å². The Bertz CT molecular complexity index is 702. The maximum absolute atomic E-state index is 12.1. The Hall–Kier alpha value is -1.18. The summed E-state index contributed by atoms with van der Waals surface area (Å²) in [5.41, 5.74) is 0.931. The lowest BCUT2D eigenvalue weighted by Crippen LogP contribution is -2.45. The van der Waals surface area contributed by atoms with Gasteiger partial charge in [0.25, 0.3) is 5.91 Å². The molecule has 3 rings (SSSR count). The van der Waals surface area contributed by atoms with E-state index in [0.717, 1.165) is 17.0 Å². The fourth-order valence-corrected chi connectivity index (χ4v) is 3.46. The second-order valence-corrected chi connectivity index (χ2v) is 6.97. The van der Waals surface area contributed by atoms with E-state index < -0.39 is 6.10 Å². The standard InChI is InChI=1S/C15H15Cl2N3O2S/c16-11-3-1-2-9(13(11)17)6-10-7-19-15(23-10)20-14(21)12-8-18-4-5-22-12/h1-3,7,12,18H,4-6,8H2,(H,19,20,21). The molecule has 1 aromatic heterocycles. The lowest BCUT2D eigenvalue weighted by atomic mass is 10.1. The molecule has 1 atom stereocenters. The molecule has 1 aliphatic rings. The summed E-state index contributed by atoms with van der Waals surface area (Å²) in [6, 6.07) is 5.54. The Morgan fingerprint density at radius 2 is 2.35 bits per heavy atom. The molecule has 1 aliphatic heterocycles. The molecule has 0 bridgehead atoms. The number of benzene rings is 1. The van der Waals surface area contributed by atoms with Gasteiger partial charge < -0.3 is 10.1 Å². The second-order valence-electron chi connectivity index (χ2n) is 5.07. The van der Waals surface area contributed by atoms with E-state index in [1.165, 1.54) is 11.3 Å². The Morgan fingerprint density at radius 3 is 3.13 bits per heavy atom. The van der Waals surface area contributed by atoms with E-state index >= 15 is 0 Å². The predicted molar refractivity (Wildman–Crippen MR) is 92.6 cm³/mol. The number of anilines is 1. The highest BCUT2D eigenvalue weighted by Gasteiger charge is 2.22. The zero-order valence-electron chi connectivity index (χ0n) is 12.1. The number of thiazole rings is 1. The third-order valence-electron chi connectivity index (χ3n) is 3.40. The average molecular weight is 372 g/mol. The molecule has 2 N–H and O–H groups in total. The lowest BCUT2D eigenvalue weighted by Gasteiger charge is -2.22. The van der Waals surface area contributed by atoms with Crippen molar-refractivity contribution in [3.8, 4) is 0 Å². The van der Waals surface area contributed by atoms with E-state index in [9.17, 15) is 4.79 Å². The van der Waals surface area contributed by atoms with Crippen LogP contribution in [-0.4, -0.2) is 36.7 Å². The molecule has 0 spiro atoms. The number of rotatable bonds is 4. The zero-order chi connectivity index (χ0) is 16.2. The number of aromatic nitrogens is 1. The van der Waals surface area contributed by atoms with Gasteiger partial charge in [0.2, 0.25) is 0 Å². The summed E-state index contributed by atoms with van der Waals surface area (Å²) in [6.07, 6.45) is 1.88. The number of morpholine rings is 1. The van der Waals surface area contributed by atoms with Gasteiger partial charge in [-0.25, -0.2) is 4.98 Å². The van der Waals surface area contributed by atoms with Crippen molar-refractivity contribution in [2.45, 2.75) is 12.5 Å². The van der Waals surface area contributed by atoms with E-state index in [2.05, 4.69) is 15.6 Å². The average Bonchev–Trinajstić information content (AvgIpc) is 3.00. The highest BCUT2D eigenvalue weighted by atomic mass is 35.5. The van der Waals surface area contributed by atoms with Crippen molar-refractivity contribution < 1.29 is 9.53 Å². The van der Waals surface area contributed by atoms with Gasteiger partial charge in [0.1, 0.15) is 6.10 Å². The molecule has 5 nitrogen and oxygen atoms in total. The van der Waals surface area contributed by atoms with Gasteiger partial charge in [-0.05, 0) is 11.6 Å². The summed E-state index contributed by atoms with van der Waals surface area (Å²) in [5.74, 6) is -0.182. The van der Waals surface area contributed by atoms with Crippen LogP contribution in [0, 0.1) is 0 Å². The van der Waals surface area contributed by atoms with Crippen molar-refractivity contribution in [3.05, 3.63) is 44.9 Å². The first-order valence-electron chi connectivity index (χ1n) is 7.14. The van der Waals surface area contributed by atoms with Gasteiger partial charge in [-0.1, -0.05) is 35.3 Å². The fraction of sp³-hybridized carbons (Fsp3) is 0.333. The van der Waals surface area contributed by atoms with Crippen molar-refractivity contribution in [1.82, 2.24) is 10.3 Å². The molecule has 1 saturated heterocycles. The molecule has 1 amide bonds. The summed E-state index contributed by atoms with van der Waals surface area (Å²) in [7, 11) is 0. The number of ether oxygens (including phenoxy) is 1. The van der Waals surface area contributed by atoms with Crippen LogP contribution in [0.4, 0.5) is 5.13 Å². The van der Waals surface area contributed by atoms with Gasteiger partial charge >= 0.3 is 0 Å². The van der Waals surface area contributed by atoms with Crippen LogP contribution in [0.2, 0.25) is 10.0 Å². The van der Waals surface area contributed by atoms with Crippen molar-refractivity contribution in [2.24, 2.45) is 0 Å². The zero-order valence-corrected chi connectivity index (χ0v) is 14.5. The number of halogens is 2. The van der Waals surface area contributed by atoms with Crippen LogP contribution in [0.5, 0.6) is 0 Å². The van der Waals surface area contributed by atoms with Crippen molar-refractivity contribution in [3.63, 3.8) is 0 Å². The van der Waals surface area contributed by atoms with Crippen molar-refractivity contribution in [1.29, 1.82) is 0 Å². The maximum atomic E-state index is 12.1. The molecule has 2 heterocycles. The quantitative estimate of drug-likeness (QED) is 0.866. The molecule has 23 heavy (non-hydrogen) atoms. The molecule has 1 unspecified atom stereocenters. The highest BCUT2D eigenvalue weighted by Crippen LogP contribution is 2.29. The van der Waals surface area contributed by atoms with Crippen LogP contribution in [0.3, 0.4) is 0 Å². The van der Waals surface area contributed by atoms with Crippen molar-refractivity contribution in [2.75, 3.05) is 25.0 Å². The smallest absolute Gasteiger partial charge is 0.256 e. The number of hydrogen-bond donors (Lipinski definition) is 2. The molecule has 1 aromatic carbocycles. The molecule has 0 saturated carbocycles. The molecule has 0 radical (unpaired) electrons. The van der Waals surface area contributed by atoms with Gasteiger partial charge in [0, 0.05) is 30.6 Å². The Labute approximate surface area is 148 Å². The minimum Gasteiger partial charge on any atom is -0.366 e. The minimum absolute atomic E-state index is 0.182. The summed E-state index contributed by atoms with van der Waals surface area (Å²) >= 11 is 13.6. The minimum atomic E-state index is -0.474. The normalized spacial score (nSPS) is 17.9. The maximum Gasteiger partial charge on any atom is 0.256 e. The van der Waals surface area contributed by atoms with Crippen LogP contribution in [0.15, 0.2) is 24.4 Å². The number of nitrogens with zero attached hydrogens (tertiary/aromatic N) is 1. The molecule has 8 heteroatoms. The van der Waals surface area contributed by atoms with Crippen LogP contribution in [0.25, 0.3) is 0 Å². The Morgan fingerprint density at radius 1 is 1.48 bits per heavy atom. The number of carbonyl (C=O) groups is 1. The van der Waals surface area contributed by atoms with Gasteiger partial charge in [0.05, 0.1) is 16.7 Å². The van der Waals surface area contributed by atoms with E-state index in [4.69, 9.17) is 27.9 Å². The molecular formula is C15H15Cl2N3O2S. The molecule has 0 aliphatic carbocycles. The summed E-state index contributed by atoms with van der Waals surface area (Å²) in [5, 5.41) is 7.54. The van der Waals surface area contributed by atoms with E-state index in [0.29, 0.717) is 34.7 Å². The summed E-state index contributed by atoms with van der Waals surface area (Å²) < 4.78 is 5.41. The molecule has 1 fully saturated rings. The molecular weight excluding hydrogens is 357 g/mol. The van der Waals surface area contributed by atoms with Crippen LogP contribution in [0.1, 0.15) is 10.4 Å². The van der Waals surface area contributed by atoms with Gasteiger partial charge in [0.15, 0.2) is 5.13 Å². The van der Waals surface area contributed by atoms with Gasteiger partial charge in [-0.2, -0.15) is 0 Å². The first-order chi connectivity index (χ1) is 11.1. The van der Waals surface area contributed by atoms with Crippen molar-refractivity contribution >= 4 is 45.6 Å². The topological polar surface area (TPSA) is 63.2 Å². The summed E-state index contributed by atoms with van der Waals surface area (Å²) in [6.45, 7) is 1.82. The number of amides is 1. The Kier molecular flexibility index (Phi) is 5.50. The van der Waals surface area contributed by atoms with Crippen LogP contribution < -0.4 is 10.6 Å². The molecule has 2 aromatic rings. The third kappa shape index (κ3) is 4.22. The highest BCUT2D eigenvalue weighted by molar-refractivity contribution is 7.15. The number of carbonyl (C=O) groups excluding carboxylic acids is 1. The van der Waals surface area contributed by atoms with Crippen LogP contribution >= 0.6 is 34.5 Å². The first kappa shape index (κ1) is 16.7. The Balaban J connectivity index is 1.63. The third-order valence-corrected chi connectivity index (χ3v) is 5.17. The van der Waals surface area contributed by atoms with E-state index in [1.807, 2.05) is 12.1 Å². The summed E-state index contributed by atoms with van der Waals surface area (Å²) in [4.78, 5) is 17.3. The number of hydrogen-bond acceptors (Lipinski definition) is 5. The van der Waals surface area contributed by atoms with E-state index in [-0.39, 0.29) is 5.91 Å². The fourth-order valence-electron chi connectivity index (χ4n) is 2.24. The van der Waals surface area contributed by atoms with Gasteiger partial charge in [-0.15, -0.1) is 11.3 Å². The first-order valence-corrected chi connectivity index (χ1v) is 8.71. The van der Waals surface area contributed by atoms with Crippen LogP contribution in [-0.2, 0) is 16.0 Å².